The first-order valence-corrected chi connectivity index (χ1v) is 7.20. The van der Waals surface area contributed by atoms with Crippen LogP contribution in [0.3, 0.4) is 0 Å². The molecule has 1 saturated carbocycles. The predicted molar refractivity (Wildman–Crippen MR) is 79.4 cm³/mol. The molecule has 100 valence electrons. The molecule has 0 heterocycles. The number of halogens is 2. The first-order valence-electron chi connectivity index (χ1n) is 6.44. The lowest BCUT2D eigenvalue weighted by atomic mass is 9.52. The second-order valence-corrected chi connectivity index (χ2v) is 7.40. The molecule has 0 radical (unpaired) electrons. The zero-order valence-electron chi connectivity index (χ0n) is 11.3. The summed E-state index contributed by atoms with van der Waals surface area (Å²) in [5.74, 6) is 0.732. The molecule has 0 aromatic heterocycles. The van der Waals surface area contributed by atoms with Crippen LogP contribution in [0.15, 0.2) is 18.2 Å². The van der Waals surface area contributed by atoms with Crippen LogP contribution >= 0.6 is 23.2 Å². The molecule has 0 aliphatic heterocycles. The minimum absolute atomic E-state index is 0.103. The summed E-state index contributed by atoms with van der Waals surface area (Å²) >= 11 is 12.1. The number of hydrogen-bond donors (Lipinski definition) is 1. The summed E-state index contributed by atoms with van der Waals surface area (Å²) in [6, 6.07) is 5.93. The van der Waals surface area contributed by atoms with Gasteiger partial charge in [0.05, 0.1) is 10.0 Å². The first kappa shape index (κ1) is 14.2. The van der Waals surface area contributed by atoms with E-state index in [4.69, 9.17) is 28.9 Å². The number of nitrogens with two attached hydrogens (primary N) is 1. The molecule has 2 rings (SSSR count). The van der Waals surface area contributed by atoms with Crippen LogP contribution < -0.4 is 5.73 Å². The summed E-state index contributed by atoms with van der Waals surface area (Å²) < 4.78 is 0. The van der Waals surface area contributed by atoms with Crippen LogP contribution in [-0.4, -0.2) is 6.54 Å². The highest BCUT2D eigenvalue weighted by atomic mass is 35.5. The van der Waals surface area contributed by atoms with Crippen molar-refractivity contribution >= 4 is 23.2 Å². The van der Waals surface area contributed by atoms with Gasteiger partial charge < -0.3 is 5.73 Å². The van der Waals surface area contributed by atoms with E-state index in [1.165, 1.54) is 5.56 Å². The summed E-state index contributed by atoms with van der Waals surface area (Å²) in [6.07, 6.45) is 2.29. The Morgan fingerprint density at radius 2 is 1.83 bits per heavy atom. The Labute approximate surface area is 120 Å². The molecular weight excluding hydrogens is 265 g/mol. The lowest BCUT2D eigenvalue weighted by Crippen LogP contribution is -2.50. The predicted octanol–water partition coefficient (Wildman–Crippen LogP) is 4.65. The Hall–Kier alpha value is -0.240. The lowest BCUT2D eigenvalue weighted by Gasteiger charge is -2.53. The van der Waals surface area contributed by atoms with Crippen LogP contribution in [0.1, 0.15) is 39.2 Å². The van der Waals surface area contributed by atoms with E-state index >= 15 is 0 Å². The van der Waals surface area contributed by atoms with Crippen LogP contribution in [0.5, 0.6) is 0 Å². The summed E-state index contributed by atoms with van der Waals surface area (Å²) in [5.41, 5.74) is 7.71. The van der Waals surface area contributed by atoms with Gasteiger partial charge in [0.2, 0.25) is 0 Å². The number of benzene rings is 1. The van der Waals surface area contributed by atoms with Crippen molar-refractivity contribution in [3.8, 4) is 0 Å². The van der Waals surface area contributed by atoms with Crippen molar-refractivity contribution in [2.75, 3.05) is 6.54 Å². The third kappa shape index (κ3) is 2.41. The maximum atomic E-state index is 6.11. The Bertz CT molecular complexity index is 442. The van der Waals surface area contributed by atoms with Gasteiger partial charge in [0, 0.05) is 12.0 Å². The molecule has 3 heteroatoms. The third-order valence-corrected chi connectivity index (χ3v) is 5.16. The van der Waals surface area contributed by atoms with Crippen LogP contribution in [0.2, 0.25) is 10.0 Å². The summed E-state index contributed by atoms with van der Waals surface area (Å²) in [4.78, 5) is 0. The van der Waals surface area contributed by atoms with E-state index in [0.717, 1.165) is 18.8 Å². The maximum Gasteiger partial charge on any atom is 0.0595 e. The average Bonchev–Trinajstić information content (AvgIpc) is 2.20. The smallest absolute Gasteiger partial charge is 0.0595 e. The average molecular weight is 286 g/mol. The molecule has 18 heavy (non-hydrogen) atoms. The van der Waals surface area contributed by atoms with Gasteiger partial charge in [0.15, 0.2) is 0 Å². The second-order valence-electron chi connectivity index (χ2n) is 6.58. The normalized spacial score (nSPS) is 28.0. The monoisotopic (exact) mass is 285 g/mol. The third-order valence-electron chi connectivity index (χ3n) is 4.42. The van der Waals surface area contributed by atoms with Crippen LogP contribution in [0, 0.1) is 11.3 Å². The molecule has 1 aromatic rings. The van der Waals surface area contributed by atoms with Gasteiger partial charge in [0.25, 0.3) is 0 Å². The zero-order chi connectivity index (χ0) is 13.6. The fraction of sp³-hybridized carbons (Fsp3) is 0.600. The van der Waals surface area contributed by atoms with Crippen molar-refractivity contribution in [2.45, 2.75) is 39.0 Å². The van der Waals surface area contributed by atoms with Gasteiger partial charge in [-0.15, -0.1) is 0 Å². The Balaban J connectivity index is 2.23. The van der Waals surface area contributed by atoms with Crippen molar-refractivity contribution in [3.63, 3.8) is 0 Å². The topological polar surface area (TPSA) is 26.0 Å². The van der Waals surface area contributed by atoms with Crippen molar-refractivity contribution in [2.24, 2.45) is 17.1 Å². The fourth-order valence-corrected chi connectivity index (χ4v) is 3.14. The number of rotatable bonds is 2. The zero-order valence-corrected chi connectivity index (χ0v) is 12.8. The molecule has 1 aliphatic rings. The van der Waals surface area contributed by atoms with E-state index in [-0.39, 0.29) is 5.41 Å². The van der Waals surface area contributed by atoms with Crippen molar-refractivity contribution in [3.05, 3.63) is 33.8 Å². The largest absolute Gasteiger partial charge is 0.330 e. The van der Waals surface area contributed by atoms with Crippen LogP contribution in [-0.2, 0) is 5.41 Å². The minimum Gasteiger partial charge on any atom is -0.330 e. The highest BCUT2D eigenvalue weighted by Gasteiger charge is 2.48. The molecule has 0 bridgehead atoms. The van der Waals surface area contributed by atoms with E-state index in [9.17, 15) is 0 Å². The molecule has 1 fully saturated rings. The van der Waals surface area contributed by atoms with E-state index in [1.54, 1.807) is 0 Å². The van der Waals surface area contributed by atoms with Crippen molar-refractivity contribution < 1.29 is 0 Å². The van der Waals surface area contributed by atoms with Gasteiger partial charge in [-0.1, -0.05) is 50.0 Å². The van der Waals surface area contributed by atoms with Crippen LogP contribution in [0.4, 0.5) is 0 Å². The maximum absolute atomic E-state index is 6.11. The molecule has 0 unspecified atom stereocenters. The fourth-order valence-electron chi connectivity index (χ4n) is 2.84. The second kappa shape index (κ2) is 4.70. The highest BCUT2D eigenvalue weighted by Crippen LogP contribution is 2.54. The Kier molecular flexibility index (Phi) is 3.70. The molecule has 0 amide bonds. The van der Waals surface area contributed by atoms with Gasteiger partial charge in [-0.3, -0.25) is 0 Å². The van der Waals surface area contributed by atoms with Gasteiger partial charge >= 0.3 is 0 Å². The standard InChI is InChI=1S/C15H21Cl2N/c1-14(2,3)11-7-15(8-11,9-18)10-4-5-12(16)13(17)6-10/h4-6,11H,7-9,18H2,1-3H3. The summed E-state index contributed by atoms with van der Waals surface area (Å²) in [6.45, 7) is 7.57. The molecule has 0 atom stereocenters. The molecule has 1 aromatic carbocycles. The van der Waals surface area contributed by atoms with E-state index in [1.807, 2.05) is 12.1 Å². The van der Waals surface area contributed by atoms with Gasteiger partial charge in [-0.2, -0.15) is 0 Å². The van der Waals surface area contributed by atoms with Gasteiger partial charge in [0.1, 0.15) is 0 Å². The molecule has 1 nitrogen and oxygen atoms in total. The highest BCUT2D eigenvalue weighted by molar-refractivity contribution is 6.42. The summed E-state index contributed by atoms with van der Waals surface area (Å²) in [5, 5.41) is 1.24. The quantitative estimate of drug-likeness (QED) is 0.841. The first-order chi connectivity index (χ1) is 8.28. The number of hydrogen-bond acceptors (Lipinski definition) is 1. The molecule has 2 N–H and O–H groups in total. The van der Waals surface area contributed by atoms with Crippen molar-refractivity contribution in [1.82, 2.24) is 0 Å². The van der Waals surface area contributed by atoms with Gasteiger partial charge in [-0.05, 0) is 41.9 Å². The van der Waals surface area contributed by atoms with Crippen LogP contribution in [0.25, 0.3) is 0 Å². The van der Waals surface area contributed by atoms with E-state index in [2.05, 4.69) is 26.8 Å². The summed E-state index contributed by atoms with van der Waals surface area (Å²) in [7, 11) is 0. The lowest BCUT2D eigenvalue weighted by molar-refractivity contribution is 0.0504. The Morgan fingerprint density at radius 1 is 1.22 bits per heavy atom. The SMILES string of the molecule is CC(C)(C)C1CC(CN)(c2ccc(Cl)c(Cl)c2)C1. The molecular formula is C15H21Cl2N. The Morgan fingerprint density at radius 3 is 2.28 bits per heavy atom. The van der Waals surface area contributed by atoms with E-state index < -0.39 is 0 Å². The van der Waals surface area contributed by atoms with E-state index in [0.29, 0.717) is 22.0 Å². The molecule has 0 saturated heterocycles. The van der Waals surface area contributed by atoms with Gasteiger partial charge in [-0.25, -0.2) is 0 Å². The molecule has 0 spiro atoms. The minimum atomic E-state index is 0.103. The van der Waals surface area contributed by atoms with Crippen molar-refractivity contribution in [1.29, 1.82) is 0 Å². The molecule has 1 aliphatic carbocycles.